The zero-order valence-electron chi connectivity index (χ0n) is 14.9. The maximum absolute atomic E-state index is 12.7. The normalized spacial score (nSPS) is 16.9. The minimum atomic E-state index is -0.384. The van der Waals surface area contributed by atoms with Gasteiger partial charge >= 0.3 is 0 Å². The molecule has 0 unspecified atom stereocenters. The Labute approximate surface area is 166 Å². The molecule has 136 valence electrons. The zero-order valence-corrected chi connectivity index (χ0v) is 17.2. The highest BCUT2D eigenvalue weighted by Gasteiger charge is 2.35. The summed E-state index contributed by atoms with van der Waals surface area (Å²) in [5.41, 5.74) is 4.51. The van der Waals surface area contributed by atoms with Crippen molar-refractivity contribution in [1.29, 1.82) is 0 Å². The molecule has 1 N–H and O–H groups in total. The van der Waals surface area contributed by atoms with Gasteiger partial charge in [-0.3, -0.25) is 9.59 Å². The highest BCUT2D eigenvalue weighted by atomic mass is 79.9. The van der Waals surface area contributed by atoms with Crippen LogP contribution >= 0.6 is 27.5 Å². The second-order valence-electron chi connectivity index (χ2n) is 6.77. The van der Waals surface area contributed by atoms with Gasteiger partial charge in [-0.2, -0.15) is 0 Å². The van der Waals surface area contributed by atoms with E-state index in [1.807, 2.05) is 39.0 Å². The Balaban J connectivity index is 1.76. The molecule has 4 nitrogen and oxygen atoms in total. The minimum Gasteiger partial charge on any atom is -0.325 e. The molecule has 2 aromatic rings. The number of amides is 2. The van der Waals surface area contributed by atoms with E-state index < -0.39 is 0 Å². The lowest BCUT2D eigenvalue weighted by Gasteiger charge is -2.18. The van der Waals surface area contributed by atoms with Crippen molar-refractivity contribution in [3.63, 3.8) is 0 Å². The quantitative estimate of drug-likeness (QED) is 0.736. The first kappa shape index (κ1) is 18.9. The maximum atomic E-state index is 12.7. The van der Waals surface area contributed by atoms with Crippen LogP contribution in [-0.2, 0) is 9.59 Å². The Morgan fingerprint density at radius 2 is 1.85 bits per heavy atom. The summed E-state index contributed by atoms with van der Waals surface area (Å²) in [6.45, 7) is 6.24. The van der Waals surface area contributed by atoms with E-state index in [9.17, 15) is 9.59 Å². The molecule has 0 aliphatic carbocycles. The maximum Gasteiger partial charge on any atom is 0.229 e. The SMILES string of the molecule is Cc1cc(C)cc(N2C[C@@H](C(=O)Nc3ccc(Br)c(Cl)c3C)CC2=O)c1. The molecular formula is C20H20BrClN2O2. The molecule has 1 aliphatic heterocycles. The molecule has 2 amide bonds. The molecule has 1 atom stereocenters. The van der Waals surface area contributed by atoms with Crippen molar-refractivity contribution in [3.8, 4) is 0 Å². The standard InChI is InChI=1S/C20H20BrClN2O2/c1-11-6-12(2)8-15(7-11)24-10-14(9-18(24)25)20(26)23-17-5-4-16(21)19(22)13(17)3/h4-8,14H,9-10H2,1-3H3,(H,23,26)/t14-/m0/s1. The van der Waals surface area contributed by atoms with Gasteiger partial charge < -0.3 is 10.2 Å². The lowest BCUT2D eigenvalue weighted by atomic mass is 10.1. The number of hydrogen-bond acceptors (Lipinski definition) is 2. The van der Waals surface area contributed by atoms with E-state index in [0.717, 1.165) is 26.9 Å². The molecule has 3 rings (SSSR count). The fourth-order valence-corrected chi connectivity index (χ4v) is 3.86. The number of carbonyl (C=O) groups is 2. The molecule has 1 heterocycles. The molecule has 0 saturated carbocycles. The molecule has 2 aromatic carbocycles. The largest absolute Gasteiger partial charge is 0.325 e. The van der Waals surface area contributed by atoms with Gasteiger partial charge in [0, 0.05) is 28.8 Å². The van der Waals surface area contributed by atoms with Gasteiger partial charge in [0.05, 0.1) is 10.9 Å². The fraction of sp³-hybridized carbons (Fsp3) is 0.300. The van der Waals surface area contributed by atoms with Crippen molar-refractivity contribution in [1.82, 2.24) is 0 Å². The van der Waals surface area contributed by atoms with E-state index in [2.05, 4.69) is 27.3 Å². The number of hydrogen-bond donors (Lipinski definition) is 1. The predicted molar refractivity (Wildman–Crippen MR) is 109 cm³/mol. The highest BCUT2D eigenvalue weighted by Crippen LogP contribution is 2.32. The number of aryl methyl sites for hydroxylation is 2. The summed E-state index contributed by atoms with van der Waals surface area (Å²) in [7, 11) is 0. The minimum absolute atomic E-state index is 0.0271. The molecule has 1 fully saturated rings. The molecule has 6 heteroatoms. The van der Waals surface area contributed by atoms with Gasteiger partial charge in [-0.25, -0.2) is 0 Å². The number of nitrogens with zero attached hydrogens (tertiary/aromatic N) is 1. The summed E-state index contributed by atoms with van der Waals surface area (Å²) in [5.74, 6) is -0.572. The van der Waals surface area contributed by atoms with Crippen LogP contribution in [0.5, 0.6) is 0 Å². The van der Waals surface area contributed by atoms with Crippen molar-refractivity contribution in [2.75, 3.05) is 16.8 Å². The van der Waals surface area contributed by atoms with Gasteiger partial charge in [-0.1, -0.05) is 17.7 Å². The molecule has 0 aromatic heterocycles. The first-order chi connectivity index (χ1) is 12.3. The third kappa shape index (κ3) is 3.79. The van der Waals surface area contributed by atoms with Gasteiger partial charge in [0.1, 0.15) is 0 Å². The number of rotatable bonds is 3. The van der Waals surface area contributed by atoms with Crippen LogP contribution in [0.25, 0.3) is 0 Å². The molecular weight excluding hydrogens is 416 g/mol. The Hall–Kier alpha value is -1.85. The van der Waals surface area contributed by atoms with Gasteiger partial charge in [-0.05, 0) is 77.7 Å². The van der Waals surface area contributed by atoms with Crippen molar-refractivity contribution in [2.45, 2.75) is 27.2 Å². The first-order valence-electron chi connectivity index (χ1n) is 8.40. The Morgan fingerprint density at radius 3 is 2.50 bits per heavy atom. The van der Waals surface area contributed by atoms with E-state index >= 15 is 0 Å². The predicted octanol–water partition coefficient (Wildman–Crippen LogP) is 5.02. The highest BCUT2D eigenvalue weighted by molar-refractivity contribution is 9.10. The Kier molecular flexibility index (Phi) is 5.39. The summed E-state index contributed by atoms with van der Waals surface area (Å²) < 4.78 is 0.784. The van der Waals surface area contributed by atoms with Crippen LogP contribution in [0.3, 0.4) is 0 Å². The summed E-state index contributed by atoms with van der Waals surface area (Å²) in [5, 5.41) is 3.48. The second kappa shape index (κ2) is 7.41. The third-order valence-electron chi connectivity index (χ3n) is 4.61. The molecule has 0 radical (unpaired) electrons. The summed E-state index contributed by atoms with van der Waals surface area (Å²) in [4.78, 5) is 26.8. The molecule has 26 heavy (non-hydrogen) atoms. The van der Waals surface area contributed by atoms with Gasteiger partial charge in [0.15, 0.2) is 0 Å². The van der Waals surface area contributed by atoms with Gasteiger partial charge in [0.2, 0.25) is 11.8 Å². The van der Waals surface area contributed by atoms with Crippen molar-refractivity contribution in [2.24, 2.45) is 5.92 Å². The Bertz CT molecular complexity index is 877. The number of nitrogens with one attached hydrogen (secondary N) is 1. The van der Waals surface area contributed by atoms with Crippen molar-refractivity contribution >= 4 is 50.7 Å². The fourth-order valence-electron chi connectivity index (χ4n) is 3.26. The van der Waals surface area contributed by atoms with Crippen molar-refractivity contribution in [3.05, 3.63) is 56.5 Å². The average Bonchev–Trinajstić information content (AvgIpc) is 2.96. The summed E-state index contributed by atoms with van der Waals surface area (Å²) in [6.07, 6.45) is 0.210. The lowest BCUT2D eigenvalue weighted by molar-refractivity contribution is -0.122. The Morgan fingerprint density at radius 1 is 1.19 bits per heavy atom. The summed E-state index contributed by atoms with van der Waals surface area (Å²) >= 11 is 9.59. The first-order valence-corrected chi connectivity index (χ1v) is 9.57. The van der Waals surface area contributed by atoms with Crippen LogP contribution in [-0.4, -0.2) is 18.4 Å². The summed E-state index contributed by atoms with van der Waals surface area (Å²) in [6, 6.07) is 9.62. The number of benzene rings is 2. The van der Waals surface area contributed by atoms with Crippen LogP contribution in [0.2, 0.25) is 5.02 Å². The lowest BCUT2D eigenvalue weighted by Crippen LogP contribution is -2.28. The van der Waals surface area contributed by atoms with E-state index in [0.29, 0.717) is 17.3 Å². The molecule has 1 aliphatic rings. The molecule has 1 saturated heterocycles. The van der Waals surface area contributed by atoms with Crippen LogP contribution < -0.4 is 10.2 Å². The molecule has 0 spiro atoms. The van der Waals surface area contributed by atoms with Gasteiger partial charge in [0.25, 0.3) is 0 Å². The van der Waals surface area contributed by atoms with Crippen LogP contribution in [0, 0.1) is 26.7 Å². The van der Waals surface area contributed by atoms with Gasteiger partial charge in [-0.15, -0.1) is 0 Å². The number of anilines is 2. The van der Waals surface area contributed by atoms with Crippen molar-refractivity contribution < 1.29 is 9.59 Å². The smallest absolute Gasteiger partial charge is 0.229 e. The monoisotopic (exact) mass is 434 g/mol. The third-order valence-corrected chi connectivity index (χ3v) is 5.99. The van der Waals surface area contributed by atoms with E-state index in [1.54, 1.807) is 11.0 Å². The van der Waals surface area contributed by atoms with Crippen LogP contribution in [0.1, 0.15) is 23.1 Å². The number of carbonyl (C=O) groups excluding carboxylic acids is 2. The molecule has 0 bridgehead atoms. The van der Waals surface area contributed by atoms with E-state index in [-0.39, 0.29) is 24.2 Å². The van der Waals surface area contributed by atoms with E-state index in [4.69, 9.17) is 11.6 Å². The van der Waals surface area contributed by atoms with Crippen LogP contribution in [0.4, 0.5) is 11.4 Å². The topological polar surface area (TPSA) is 49.4 Å². The average molecular weight is 436 g/mol. The number of halogens is 2. The van der Waals surface area contributed by atoms with E-state index in [1.165, 1.54) is 0 Å². The zero-order chi connectivity index (χ0) is 19.0. The van der Waals surface area contributed by atoms with Crippen LogP contribution in [0.15, 0.2) is 34.8 Å². The second-order valence-corrected chi connectivity index (χ2v) is 8.01.